The largest absolute Gasteiger partial charge is 0.454 e. The van der Waals surface area contributed by atoms with Crippen LogP contribution in [0.5, 0.6) is 11.5 Å². The molecule has 0 amide bonds. The Labute approximate surface area is 163 Å². The summed E-state index contributed by atoms with van der Waals surface area (Å²) in [5.74, 6) is 1.64. The highest BCUT2D eigenvalue weighted by molar-refractivity contribution is 5.77. The predicted molar refractivity (Wildman–Crippen MR) is 109 cm³/mol. The summed E-state index contributed by atoms with van der Waals surface area (Å²) in [6, 6.07) is 23.1. The summed E-state index contributed by atoms with van der Waals surface area (Å²) in [5.41, 5.74) is 5.66. The van der Waals surface area contributed by atoms with E-state index in [9.17, 15) is 0 Å². The number of hydrogen-bond donors (Lipinski definition) is 1. The molecule has 5 heteroatoms. The summed E-state index contributed by atoms with van der Waals surface area (Å²) >= 11 is 0. The number of ether oxygens (including phenoxy) is 2. The van der Waals surface area contributed by atoms with E-state index in [1.165, 1.54) is 11.1 Å². The average Bonchev–Trinajstić information content (AvgIpc) is 3.38. The van der Waals surface area contributed by atoms with Gasteiger partial charge in [0.15, 0.2) is 11.5 Å². The second-order valence-corrected chi connectivity index (χ2v) is 6.99. The van der Waals surface area contributed by atoms with Gasteiger partial charge in [-0.1, -0.05) is 30.3 Å². The molecule has 1 aliphatic rings. The monoisotopic (exact) mass is 371 g/mol. The van der Waals surface area contributed by atoms with E-state index in [4.69, 9.17) is 9.47 Å². The first kappa shape index (κ1) is 16.8. The van der Waals surface area contributed by atoms with Crippen LogP contribution in [0.1, 0.15) is 24.1 Å². The van der Waals surface area contributed by atoms with Crippen LogP contribution >= 0.6 is 0 Å². The zero-order valence-electron chi connectivity index (χ0n) is 15.6. The maximum absolute atomic E-state index is 5.47. The van der Waals surface area contributed by atoms with Gasteiger partial charge in [0.2, 0.25) is 6.79 Å². The van der Waals surface area contributed by atoms with Crippen LogP contribution in [0.25, 0.3) is 16.7 Å². The normalized spacial score (nSPS) is 13.8. The molecule has 0 saturated heterocycles. The van der Waals surface area contributed by atoms with E-state index < -0.39 is 0 Å². The molecule has 0 spiro atoms. The highest BCUT2D eigenvalue weighted by Crippen LogP contribution is 2.34. The van der Waals surface area contributed by atoms with Gasteiger partial charge >= 0.3 is 0 Å². The van der Waals surface area contributed by atoms with E-state index in [0.717, 1.165) is 34.8 Å². The van der Waals surface area contributed by atoms with Crippen molar-refractivity contribution in [3.05, 3.63) is 84.2 Å². The molecule has 0 bridgehead atoms. The topological polar surface area (TPSA) is 48.3 Å². The zero-order valence-corrected chi connectivity index (χ0v) is 15.6. The molecule has 5 rings (SSSR count). The number of nitrogens with zero attached hydrogens (tertiary/aromatic N) is 2. The Morgan fingerprint density at radius 1 is 1.00 bits per heavy atom. The lowest BCUT2D eigenvalue weighted by molar-refractivity contribution is 0.174. The first-order chi connectivity index (χ1) is 13.8. The van der Waals surface area contributed by atoms with Crippen LogP contribution in [-0.4, -0.2) is 16.3 Å². The second kappa shape index (κ2) is 7.02. The van der Waals surface area contributed by atoms with Gasteiger partial charge in [-0.25, -0.2) is 4.98 Å². The number of aromatic nitrogens is 2. The SMILES string of the molecule is CC(NCc1ccc(-n2cnc3ccccc32)cc1)c1ccc2c(c1)OCO2. The van der Waals surface area contributed by atoms with Crippen molar-refractivity contribution in [1.29, 1.82) is 0 Å². The van der Waals surface area contributed by atoms with Crippen LogP contribution in [0.2, 0.25) is 0 Å². The maximum Gasteiger partial charge on any atom is 0.231 e. The molecular formula is C23H21N3O2. The van der Waals surface area contributed by atoms with Gasteiger partial charge in [-0.05, 0) is 54.4 Å². The van der Waals surface area contributed by atoms with Crippen molar-refractivity contribution in [3.8, 4) is 17.2 Å². The lowest BCUT2D eigenvalue weighted by atomic mass is 10.1. The van der Waals surface area contributed by atoms with Crippen molar-refractivity contribution in [2.24, 2.45) is 0 Å². The molecule has 0 aliphatic carbocycles. The maximum atomic E-state index is 5.47. The molecule has 5 nitrogen and oxygen atoms in total. The van der Waals surface area contributed by atoms with E-state index in [1.54, 1.807) is 0 Å². The van der Waals surface area contributed by atoms with Gasteiger partial charge in [0.25, 0.3) is 0 Å². The lowest BCUT2D eigenvalue weighted by Gasteiger charge is -2.15. The van der Waals surface area contributed by atoms with Crippen LogP contribution in [0.15, 0.2) is 73.1 Å². The number of para-hydroxylation sites is 2. The quantitative estimate of drug-likeness (QED) is 0.557. The van der Waals surface area contributed by atoms with Gasteiger partial charge in [0.1, 0.15) is 6.33 Å². The number of imidazole rings is 1. The fraction of sp³-hybridized carbons (Fsp3) is 0.174. The second-order valence-electron chi connectivity index (χ2n) is 6.99. The van der Waals surface area contributed by atoms with Crippen molar-refractivity contribution in [2.45, 2.75) is 19.5 Å². The lowest BCUT2D eigenvalue weighted by Crippen LogP contribution is -2.18. The van der Waals surface area contributed by atoms with Crippen molar-refractivity contribution in [2.75, 3.05) is 6.79 Å². The molecule has 0 fully saturated rings. The Bertz CT molecular complexity index is 1120. The third kappa shape index (κ3) is 3.10. The van der Waals surface area contributed by atoms with Gasteiger partial charge < -0.3 is 14.8 Å². The average molecular weight is 371 g/mol. The molecule has 0 saturated carbocycles. The third-order valence-electron chi connectivity index (χ3n) is 5.18. The molecule has 140 valence electrons. The van der Waals surface area contributed by atoms with Crippen molar-refractivity contribution < 1.29 is 9.47 Å². The van der Waals surface area contributed by atoms with Gasteiger partial charge in [-0.15, -0.1) is 0 Å². The third-order valence-corrected chi connectivity index (χ3v) is 5.18. The Kier molecular flexibility index (Phi) is 4.22. The number of nitrogens with one attached hydrogen (secondary N) is 1. The zero-order chi connectivity index (χ0) is 18.9. The van der Waals surface area contributed by atoms with Crippen molar-refractivity contribution >= 4 is 11.0 Å². The van der Waals surface area contributed by atoms with E-state index >= 15 is 0 Å². The summed E-state index contributed by atoms with van der Waals surface area (Å²) in [6.07, 6.45) is 1.87. The molecule has 4 aromatic rings. The van der Waals surface area contributed by atoms with Gasteiger partial charge in [-0.2, -0.15) is 0 Å². The van der Waals surface area contributed by atoms with Gasteiger partial charge in [-0.3, -0.25) is 4.57 Å². The number of benzene rings is 3. The smallest absolute Gasteiger partial charge is 0.231 e. The summed E-state index contributed by atoms with van der Waals surface area (Å²) in [5, 5.41) is 3.57. The van der Waals surface area contributed by atoms with Crippen molar-refractivity contribution in [1.82, 2.24) is 14.9 Å². The van der Waals surface area contributed by atoms with Crippen LogP contribution in [0.4, 0.5) is 0 Å². The molecule has 3 aromatic carbocycles. The molecule has 1 aromatic heterocycles. The van der Waals surface area contributed by atoms with Crippen LogP contribution in [0, 0.1) is 0 Å². The minimum atomic E-state index is 0.215. The fourth-order valence-corrected chi connectivity index (χ4v) is 3.51. The number of fused-ring (bicyclic) bond motifs is 2. The minimum Gasteiger partial charge on any atom is -0.454 e. The Hall–Kier alpha value is -3.31. The fourth-order valence-electron chi connectivity index (χ4n) is 3.51. The molecule has 1 unspecified atom stereocenters. The molecule has 2 heterocycles. The van der Waals surface area contributed by atoms with E-state index in [-0.39, 0.29) is 6.04 Å². The molecule has 1 N–H and O–H groups in total. The number of rotatable bonds is 5. The number of hydrogen-bond acceptors (Lipinski definition) is 4. The first-order valence-corrected chi connectivity index (χ1v) is 9.42. The van der Waals surface area contributed by atoms with E-state index in [2.05, 4.69) is 58.2 Å². The first-order valence-electron chi connectivity index (χ1n) is 9.42. The Balaban J connectivity index is 1.27. The summed E-state index contributed by atoms with van der Waals surface area (Å²) < 4.78 is 13.0. The van der Waals surface area contributed by atoms with Crippen LogP contribution in [-0.2, 0) is 6.54 Å². The molecule has 28 heavy (non-hydrogen) atoms. The highest BCUT2D eigenvalue weighted by Gasteiger charge is 2.15. The van der Waals surface area contributed by atoms with E-state index in [0.29, 0.717) is 6.79 Å². The minimum absolute atomic E-state index is 0.215. The predicted octanol–water partition coefficient (Wildman–Crippen LogP) is 4.61. The van der Waals surface area contributed by atoms with Gasteiger partial charge in [0, 0.05) is 18.3 Å². The van der Waals surface area contributed by atoms with E-state index in [1.807, 2.05) is 36.7 Å². The standard InChI is InChI=1S/C23H21N3O2/c1-16(18-8-11-22-23(12-18)28-15-27-22)24-13-17-6-9-19(10-7-17)26-14-25-20-4-2-3-5-21(20)26/h2-12,14,16,24H,13,15H2,1H3. The summed E-state index contributed by atoms with van der Waals surface area (Å²) in [4.78, 5) is 4.47. The highest BCUT2D eigenvalue weighted by atomic mass is 16.7. The summed E-state index contributed by atoms with van der Waals surface area (Å²) in [7, 11) is 0. The molecule has 0 radical (unpaired) electrons. The van der Waals surface area contributed by atoms with Crippen molar-refractivity contribution in [3.63, 3.8) is 0 Å². The molecule has 1 atom stereocenters. The van der Waals surface area contributed by atoms with Crippen LogP contribution < -0.4 is 14.8 Å². The Morgan fingerprint density at radius 3 is 2.71 bits per heavy atom. The summed E-state index contributed by atoms with van der Waals surface area (Å²) in [6.45, 7) is 3.25. The molecule has 1 aliphatic heterocycles. The Morgan fingerprint density at radius 2 is 1.82 bits per heavy atom. The molecular weight excluding hydrogens is 350 g/mol. The van der Waals surface area contributed by atoms with Gasteiger partial charge in [0.05, 0.1) is 11.0 Å². The van der Waals surface area contributed by atoms with Crippen LogP contribution in [0.3, 0.4) is 0 Å².